The van der Waals surface area contributed by atoms with Gasteiger partial charge in [-0.05, 0) is 61.0 Å². The minimum atomic E-state index is -0.000982. The Morgan fingerprint density at radius 3 is 2.89 bits per heavy atom. The van der Waals surface area contributed by atoms with E-state index in [1.54, 1.807) is 19.4 Å². The molecule has 1 aliphatic heterocycles. The average molecular weight is 361 g/mol. The fraction of sp³-hybridized carbons (Fsp3) is 0.318. The van der Waals surface area contributed by atoms with Gasteiger partial charge in [-0.25, -0.2) is 0 Å². The molecule has 1 aromatic carbocycles. The number of hydrogen-bond donors (Lipinski definition) is 0. The molecule has 27 heavy (non-hydrogen) atoms. The van der Waals surface area contributed by atoms with E-state index in [2.05, 4.69) is 18.0 Å². The third-order valence-electron chi connectivity index (χ3n) is 5.37. The number of ether oxygens (including phenoxy) is 1. The topological polar surface area (TPSA) is 55.3 Å². The molecule has 4 rings (SSSR count). The molecule has 0 spiro atoms. The Labute approximate surface area is 159 Å². The number of amides is 1. The second-order valence-corrected chi connectivity index (χ2v) is 7.03. The molecule has 0 unspecified atom stereocenters. The fourth-order valence-corrected chi connectivity index (χ4v) is 3.86. The number of rotatable bonds is 3. The summed E-state index contributed by atoms with van der Waals surface area (Å²) >= 11 is 0. The van der Waals surface area contributed by atoms with E-state index in [4.69, 9.17) is 9.72 Å². The van der Waals surface area contributed by atoms with E-state index in [-0.39, 0.29) is 11.8 Å². The van der Waals surface area contributed by atoms with Gasteiger partial charge in [0.1, 0.15) is 11.4 Å². The van der Waals surface area contributed by atoms with Gasteiger partial charge in [0, 0.05) is 42.5 Å². The van der Waals surface area contributed by atoms with Crippen molar-refractivity contribution in [2.24, 2.45) is 0 Å². The Morgan fingerprint density at radius 1 is 1.22 bits per heavy atom. The van der Waals surface area contributed by atoms with Crippen molar-refractivity contribution in [2.75, 3.05) is 20.2 Å². The zero-order valence-electron chi connectivity index (χ0n) is 15.7. The molecule has 0 saturated carbocycles. The van der Waals surface area contributed by atoms with Gasteiger partial charge in [-0.3, -0.25) is 14.8 Å². The highest BCUT2D eigenvalue weighted by atomic mass is 16.5. The number of aryl methyl sites for hydroxylation is 1. The van der Waals surface area contributed by atoms with Crippen molar-refractivity contribution < 1.29 is 9.53 Å². The first-order valence-electron chi connectivity index (χ1n) is 9.31. The first-order chi connectivity index (χ1) is 13.2. The Kier molecular flexibility index (Phi) is 4.75. The third-order valence-corrected chi connectivity index (χ3v) is 5.37. The molecule has 1 fully saturated rings. The zero-order valence-corrected chi connectivity index (χ0v) is 15.7. The van der Waals surface area contributed by atoms with E-state index in [0.29, 0.717) is 12.2 Å². The van der Waals surface area contributed by atoms with Crippen LogP contribution in [0.1, 0.15) is 40.5 Å². The standard InChI is InChI=1S/C22H23N3O2/c1-15-18-12-20(24-13-16(18)8-9-21(15)27-2)17-6-5-11-25(14-17)22(26)19-7-3-4-10-23-19/h3-4,7-10,12-13,17H,5-6,11,14H2,1-2H3/t17-/m0/s1. The molecule has 1 atom stereocenters. The maximum Gasteiger partial charge on any atom is 0.272 e. The van der Waals surface area contributed by atoms with Crippen LogP contribution in [0, 0.1) is 6.92 Å². The number of hydrogen-bond acceptors (Lipinski definition) is 4. The molecule has 5 nitrogen and oxygen atoms in total. The predicted octanol–water partition coefficient (Wildman–Crippen LogP) is 3.97. The highest BCUT2D eigenvalue weighted by Gasteiger charge is 2.27. The van der Waals surface area contributed by atoms with E-state index >= 15 is 0 Å². The monoisotopic (exact) mass is 361 g/mol. The maximum atomic E-state index is 12.8. The van der Waals surface area contributed by atoms with Crippen LogP contribution in [0.3, 0.4) is 0 Å². The number of nitrogens with zero attached hydrogens (tertiary/aromatic N) is 3. The van der Waals surface area contributed by atoms with Gasteiger partial charge in [-0.1, -0.05) is 6.07 Å². The Morgan fingerprint density at radius 2 is 2.11 bits per heavy atom. The Balaban J connectivity index is 1.61. The Hall–Kier alpha value is -2.95. The molecule has 2 aromatic heterocycles. The summed E-state index contributed by atoms with van der Waals surface area (Å²) in [6, 6.07) is 11.6. The lowest BCUT2D eigenvalue weighted by atomic mass is 9.92. The first kappa shape index (κ1) is 17.5. The zero-order chi connectivity index (χ0) is 18.8. The minimum absolute atomic E-state index is 0.000982. The lowest BCUT2D eigenvalue weighted by molar-refractivity contribution is 0.0700. The van der Waals surface area contributed by atoms with Crippen LogP contribution in [-0.4, -0.2) is 41.0 Å². The van der Waals surface area contributed by atoms with E-state index < -0.39 is 0 Å². The third kappa shape index (κ3) is 3.37. The van der Waals surface area contributed by atoms with Gasteiger partial charge < -0.3 is 9.64 Å². The molecule has 0 N–H and O–H groups in total. The van der Waals surface area contributed by atoms with Crippen molar-refractivity contribution >= 4 is 16.7 Å². The van der Waals surface area contributed by atoms with Gasteiger partial charge in [-0.15, -0.1) is 0 Å². The largest absolute Gasteiger partial charge is 0.496 e. The number of likely N-dealkylation sites (tertiary alicyclic amines) is 1. The summed E-state index contributed by atoms with van der Waals surface area (Å²) in [7, 11) is 1.69. The van der Waals surface area contributed by atoms with Crippen molar-refractivity contribution in [3.8, 4) is 5.75 Å². The number of pyridine rings is 2. The van der Waals surface area contributed by atoms with Gasteiger partial charge >= 0.3 is 0 Å². The van der Waals surface area contributed by atoms with Crippen LogP contribution in [0.15, 0.2) is 48.8 Å². The molecule has 3 aromatic rings. The number of benzene rings is 1. The summed E-state index contributed by atoms with van der Waals surface area (Å²) < 4.78 is 5.46. The highest BCUT2D eigenvalue weighted by molar-refractivity contribution is 5.92. The lowest BCUT2D eigenvalue weighted by Gasteiger charge is -2.32. The van der Waals surface area contributed by atoms with Crippen molar-refractivity contribution in [1.82, 2.24) is 14.9 Å². The van der Waals surface area contributed by atoms with Gasteiger partial charge in [0.15, 0.2) is 0 Å². The number of aromatic nitrogens is 2. The van der Waals surface area contributed by atoms with Crippen molar-refractivity contribution in [1.29, 1.82) is 0 Å². The van der Waals surface area contributed by atoms with Crippen LogP contribution >= 0.6 is 0 Å². The van der Waals surface area contributed by atoms with Gasteiger partial charge in [0.25, 0.3) is 5.91 Å². The molecule has 1 amide bonds. The van der Waals surface area contributed by atoms with Gasteiger partial charge in [0.05, 0.1) is 7.11 Å². The summed E-state index contributed by atoms with van der Waals surface area (Å²) in [5.74, 6) is 1.12. The van der Waals surface area contributed by atoms with E-state index in [1.807, 2.05) is 35.4 Å². The SMILES string of the molecule is COc1ccc2cnc([C@H]3CCCN(C(=O)c4ccccn4)C3)cc2c1C. The van der Waals surface area contributed by atoms with Crippen LogP contribution in [-0.2, 0) is 0 Å². The number of fused-ring (bicyclic) bond motifs is 1. The molecule has 0 bridgehead atoms. The minimum Gasteiger partial charge on any atom is -0.496 e. The second-order valence-electron chi connectivity index (χ2n) is 7.03. The first-order valence-corrected chi connectivity index (χ1v) is 9.31. The molecular formula is C22H23N3O2. The van der Waals surface area contributed by atoms with Crippen molar-refractivity contribution in [3.05, 3.63) is 65.7 Å². The molecular weight excluding hydrogens is 338 g/mol. The van der Waals surface area contributed by atoms with Crippen LogP contribution in [0.5, 0.6) is 5.75 Å². The van der Waals surface area contributed by atoms with Crippen LogP contribution in [0.2, 0.25) is 0 Å². The number of carbonyl (C=O) groups excluding carboxylic acids is 1. The van der Waals surface area contributed by atoms with Crippen LogP contribution < -0.4 is 4.74 Å². The summed E-state index contributed by atoms with van der Waals surface area (Å²) in [5.41, 5.74) is 2.67. The lowest BCUT2D eigenvalue weighted by Crippen LogP contribution is -2.39. The quantitative estimate of drug-likeness (QED) is 0.708. The second kappa shape index (κ2) is 7.35. The summed E-state index contributed by atoms with van der Waals surface area (Å²) in [5, 5.41) is 2.27. The van der Waals surface area contributed by atoms with Crippen LogP contribution in [0.25, 0.3) is 10.8 Å². The van der Waals surface area contributed by atoms with E-state index in [1.165, 1.54) is 0 Å². The molecule has 5 heteroatoms. The predicted molar refractivity (Wildman–Crippen MR) is 105 cm³/mol. The molecule has 1 saturated heterocycles. The number of methoxy groups -OCH3 is 1. The Bertz CT molecular complexity index is 972. The van der Waals surface area contributed by atoms with E-state index in [0.717, 1.165) is 47.2 Å². The van der Waals surface area contributed by atoms with Crippen molar-refractivity contribution in [2.45, 2.75) is 25.7 Å². The number of carbonyl (C=O) groups is 1. The summed E-state index contributed by atoms with van der Waals surface area (Å²) in [6.07, 6.45) is 5.60. The van der Waals surface area contributed by atoms with Gasteiger partial charge in [0.2, 0.25) is 0 Å². The summed E-state index contributed by atoms with van der Waals surface area (Å²) in [6.45, 7) is 3.52. The highest BCUT2D eigenvalue weighted by Crippen LogP contribution is 2.31. The smallest absolute Gasteiger partial charge is 0.272 e. The van der Waals surface area contributed by atoms with Gasteiger partial charge in [-0.2, -0.15) is 0 Å². The molecule has 0 radical (unpaired) electrons. The van der Waals surface area contributed by atoms with E-state index in [9.17, 15) is 4.79 Å². The molecule has 138 valence electrons. The molecule has 1 aliphatic rings. The average Bonchev–Trinajstić information content (AvgIpc) is 2.74. The molecule has 3 heterocycles. The van der Waals surface area contributed by atoms with Crippen LogP contribution in [0.4, 0.5) is 0 Å². The number of piperidine rings is 1. The fourth-order valence-electron chi connectivity index (χ4n) is 3.86. The summed E-state index contributed by atoms with van der Waals surface area (Å²) in [4.78, 5) is 23.6. The molecule has 0 aliphatic carbocycles. The normalized spacial score (nSPS) is 17.1. The maximum absolute atomic E-state index is 12.8. The van der Waals surface area contributed by atoms with Crippen molar-refractivity contribution in [3.63, 3.8) is 0 Å².